The number of alkyl carbamates (subject to hydrolysis) is 2. The fourth-order valence-electron chi connectivity index (χ4n) is 6.15. The van der Waals surface area contributed by atoms with Gasteiger partial charge in [-0.15, -0.1) is 0 Å². The normalized spacial score (nSPS) is 14.7. The van der Waals surface area contributed by atoms with Crippen molar-refractivity contribution < 1.29 is 46.1 Å². The molecule has 20 nitrogen and oxygen atoms in total. The van der Waals surface area contributed by atoms with Crippen molar-refractivity contribution in [2.75, 3.05) is 26.2 Å². The van der Waals surface area contributed by atoms with E-state index >= 15 is 0 Å². The highest BCUT2D eigenvalue weighted by Crippen LogP contribution is 2.31. The largest absolute Gasteiger partial charge is 0.444 e. The van der Waals surface area contributed by atoms with Gasteiger partial charge in [-0.25, -0.2) is 37.7 Å². The number of fused-ring (bicyclic) bond motifs is 2. The topological polar surface area (TPSA) is 270 Å². The summed E-state index contributed by atoms with van der Waals surface area (Å²) in [7, 11) is -7.78. The molecule has 0 saturated heterocycles. The number of carbonyl (C=O) groups is 2. The van der Waals surface area contributed by atoms with E-state index in [1.165, 1.54) is 36.6 Å². The summed E-state index contributed by atoms with van der Waals surface area (Å²) >= 11 is 24.4. The van der Waals surface area contributed by atoms with Gasteiger partial charge in [-0.05, 0) is 36.4 Å². The number of carbonyl (C=O) groups excluding carboxylic acids is 2. The number of aliphatic imine (C=N–C) groups is 1. The van der Waals surface area contributed by atoms with Crippen LogP contribution in [0.15, 0.2) is 94.6 Å². The second-order valence-corrected chi connectivity index (χ2v) is 22.9. The second-order valence-electron chi connectivity index (χ2n) is 17.9. The van der Waals surface area contributed by atoms with Crippen molar-refractivity contribution in [3.63, 3.8) is 0 Å². The molecule has 0 spiro atoms. The Morgan fingerprint density at radius 2 is 1.14 bits per heavy atom. The molecular weight excluding hydrogens is 1030 g/mol. The van der Waals surface area contributed by atoms with Gasteiger partial charge in [0.05, 0.1) is 92.3 Å². The van der Waals surface area contributed by atoms with E-state index in [9.17, 15) is 36.6 Å². The minimum Gasteiger partial charge on any atom is -0.444 e. The van der Waals surface area contributed by atoms with Gasteiger partial charge in [0.25, 0.3) is 15.1 Å². The van der Waals surface area contributed by atoms with E-state index in [0.29, 0.717) is 44.2 Å². The van der Waals surface area contributed by atoms with Crippen LogP contribution in [0.25, 0.3) is 22.1 Å². The molecule has 26 heteroatoms. The SMILES string of the molecule is CC(C)(C)[C@@H](Cn1cnc2cc(Cl)c(Cl)cc21)OC(=O)NC[C@@H](O)CNS(=O)(=O)C1=CC=C[C+]=N1.CC(C)(C)[C@@H](Cn1cnc2cc(Cl)c(Cl)cc21)OC(=O)NC[C@H](O)CNS(=O)(=O)c1ccccn1. The molecule has 0 aliphatic carbocycles. The number of sulfonamides is 2. The van der Waals surface area contributed by atoms with Gasteiger partial charge in [0.15, 0.2) is 11.2 Å². The minimum atomic E-state index is -3.91. The predicted octanol–water partition coefficient (Wildman–Crippen LogP) is 6.34. The molecule has 0 unspecified atom stereocenters. The van der Waals surface area contributed by atoms with E-state index < -0.39 is 67.5 Å². The first-order valence-electron chi connectivity index (χ1n) is 21.3. The number of halogens is 4. The van der Waals surface area contributed by atoms with Crippen molar-refractivity contribution in [3.05, 3.63) is 105 Å². The highest BCUT2D eigenvalue weighted by atomic mass is 35.5. The van der Waals surface area contributed by atoms with Crippen molar-refractivity contribution >= 4 is 107 Å². The van der Waals surface area contributed by atoms with Crippen LogP contribution in [0, 0.1) is 10.8 Å². The molecule has 0 fully saturated rings. The number of pyridine rings is 1. The highest BCUT2D eigenvalue weighted by molar-refractivity contribution is 7.93. The molecule has 0 saturated carbocycles. The number of amides is 2. The average molecular weight is 1090 g/mol. The molecular formula is C44H53Cl4N10O10S2+. The molecule has 0 radical (unpaired) electrons. The van der Waals surface area contributed by atoms with E-state index in [1.54, 1.807) is 43.0 Å². The molecule has 1 aliphatic rings. The summed E-state index contributed by atoms with van der Waals surface area (Å²) < 4.78 is 68.1. The molecule has 4 heterocycles. The number of imidazole rings is 2. The molecule has 2 aromatic carbocycles. The second kappa shape index (κ2) is 24.0. The van der Waals surface area contributed by atoms with Gasteiger partial charge in [0, 0.05) is 43.2 Å². The Kier molecular flexibility index (Phi) is 19.2. The average Bonchev–Trinajstić information content (AvgIpc) is 3.87. The zero-order valence-electron chi connectivity index (χ0n) is 38.7. The number of benzene rings is 2. The van der Waals surface area contributed by atoms with Gasteiger partial charge in [0.1, 0.15) is 18.3 Å². The summed E-state index contributed by atoms with van der Waals surface area (Å²) in [5, 5.41) is 26.4. The fraction of sp³-hybridized carbons (Fsp3) is 0.409. The number of hydrogen-bond acceptors (Lipinski definition) is 14. The summed E-state index contributed by atoms with van der Waals surface area (Å²) in [6.07, 6.45) is 6.28. The third kappa shape index (κ3) is 16.0. The van der Waals surface area contributed by atoms with Crippen LogP contribution in [0.4, 0.5) is 9.59 Å². The van der Waals surface area contributed by atoms with Crippen LogP contribution >= 0.6 is 46.4 Å². The highest BCUT2D eigenvalue weighted by Gasteiger charge is 2.32. The molecule has 1 aliphatic heterocycles. The maximum Gasteiger partial charge on any atom is 0.407 e. The number of ether oxygens (including phenoxy) is 2. The number of rotatable bonds is 18. The fourth-order valence-corrected chi connectivity index (χ4v) is 8.79. The summed E-state index contributed by atoms with van der Waals surface area (Å²) in [6.45, 7) is 11.1. The van der Waals surface area contributed by atoms with Crippen LogP contribution < -0.4 is 20.1 Å². The van der Waals surface area contributed by atoms with Gasteiger partial charge in [-0.2, -0.15) is 13.1 Å². The zero-order valence-corrected chi connectivity index (χ0v) is 43.4. The summed E-state index contributed by atoms with van der Waals surface area (Å²) in [4.78, 5) is 41.0. The van der Waals surface area contributed by atoms with Crippen molar-refractivity contribution in [2.45, 2.75) is 84.1 Å². The Hall–Kier alpha value is -4.97. The number of aromatic nitrogens is 5. The molecule has 378 valence electrons. The molecule has 2 amide bonds. The summed E-state index contributed by atoms with van der Waals surface area (Å²) in [5.41, 5.74) is 1.94. The van der Waals surface area contributed by atoms with Gasteiger partial charge in [-0.1, -0.05) is 99.0 Å². The lowest BCUT2D eigenvalue weighted by atomic mass is 9.89. The van der Waals surface area contributed by atoms with Crippen molar-refractivity contribution in [2.24, 2.45) is 15.8 Å². The summed E-state index contributed by atoms with van der Waals surface area (Å²) in [5.74, 6) is 0. The Balaban J connectivity index is 0.000000261. The van der Waals surface area contributed by atoms with Crippen LogP contribution in [0.1, 0.15) is 41.5 Å². The Labute approximate surface area is 425 Å². The maximum absolute atomic E-state index is 12.5. The lowest BCUT2D eigenvalue weighted by Crippen LogP contribution is -2.43. The maximum atomic E-state index is 12.5. The first kappa shape index (κ1) is 56.0. The van der Waals surface area contributed by atoms with E-state index in [0.717, 1.165) is 11.0 Å². The molecule has 6 N–H and O–H groups in total. The smallest absolute Gasteiger partial charge is 0.407 e. The van der Waals surface area contributed by atoms with E-state index in [1.807, 2.05) is 50.7 Å². The standard InChI is InChI=1S/C22H27Cl2N5O5S.C22H25Cl2N5O5S/c2*1-22(2,3)19(12-29-13-27-17-8-15(23)16(24)9-18(17)29)34-21(31)26-10-14(30)11-28-35(32,33)20-6-4-5-7-25-20/h4-9,13-14,19,28,30H,10-12H2,1-3H3,(H,26,31);4-6,8-9,13-14,19,28,30H,10-12H2,1-3H3/p+1/t14-,19+;14-,19-/m01/s1. The Bertz CT molecular complexity index is 2960. The number of aliphatic hydroxyl groups excluding tert-OH is 2. The quantitative estimate of drug-likeness (QED) is 0.0524. The third-order valence-corrected chi connectivity index (χ3v) is 14.3. The van der Waals surface area contributed by atoms with Crippen LogP contribution in [-0.4, -0.2) is 120 Å². The lowest BCUT2D eigenvalue weighted by molar-refractivity contribution is 0.0192. The van der Waals surface area contributed by atoms with Crippen LogP contribution in [0.5, 0.6) is 0 Å². The zero-order chi connectivity index (χ0) is 51.6. The van der Waals surface area contributed by atoms with Gasteiger partial charge in [0.2, 0.25) is 0 Å². The predicted molar refractivity (Wildman–Crippen MR) is 268 cm³/mol. The van der Waals surface area contributed by atoms with Gasteiger partial charge >= 0.3 is 22.2 Å². The first-order valence-corrected chi connectivity index (χ1v) is 25.8. The summed E-state index contributed by atoms with van der Waals surface area (Å²) in [6, 6.07) is 11.2. The van der Waals surface area contributed by atoms with Crippen LogP contribution in [0.2, 0.25) is 20.1 Å². The van der Waals surface area contributed by atoms with Crippen molar-refractivity contribution in [1.29, 1.82) is 0 Å². The van der Waals surface area contributed by atoms with E-state index in [4.69, 9.17) is 55.9 Å². The van der Waals surface area contributed by atoms with Gasteiger partial charge in [-0.3, -0.25) is 0 Å². The van der Waals surface area contributed by atoms with E-state index in [-0.39, 0.29) is 36.2 Å². The Morgan fingerprint density at radius 1 is 0.686 bits per heavy atom. The Morgan fingerprint density at radius 3 is 1.56 bits per heavy atom. The molecule has 5 aromatic rings. The number of hydrogen-bond donors (Lipinski definition) is 6. The molecule has 6 rings (SSSR count). The molecule has 3 aromatic heterocycles. The third-order valence-electron chi connectivity index (χ3n) is 10.2. The minimum absolute atomic E-state index is 0.164. The number of allylic oxidation sites excluding steroid dienone is 3. The monoisotopic (exact) mass is 1090 g/mol. The van der Waals surface area contributed by atoms with Crippen LogP contribution in [0.3, 0.4) is 0 Å². The van der Waals surface area contributed by atoms with Crippen LogP contribution in [-0.2, 0) is 42.6 Å². The lowest BCUT2D eigenvalue weighted by Gasteiger charge is -2.31. The number of nitrogens with zero attached hydrogens (tertiary/aromatic N) is 6. The first-order chi connectivity index (χ1) is 32.7. The number of nitrogens with one attached hydrogen (secondary N) is 4. The van der Waals surface area contributed by atoms with Crippen molar-refractivity contribution in [1.82, 2.24) is 44.2 Å². The van der Waals surface area contributed by atoms with Crippen molar-refractivity contribution in [3.8, 4) is 0 Å². The molecule has 4 atom stereocenters. The van der Waals surface area contributed by atoms with Gasteiger partial charge < -0.3 is 39.5 Å². The number of aliphatic hydroxyl groups is 2. The molecule has 0 bridgehead atoms. The van der Waals surface area contributed by atoms with E-state index in [2.05, 4.69) is 46.2 Å². The molecule has 70 heavy (non-hydrogen) atoms.